The van der Waals surface area contributed by atoms with E-state index in [2.05, 4.69) is 21.2 Å². The Labute approximate surface area is 145 Å². The molecule has 1 atom stereocenters. The summed E-state index contributed by atoms with van der Waals surface area (Å²) in [5, 5.41) is 2.58. The smallest absolute Gasteiger partial charge is 0.328 e. The van der Waals surface area contributed by atoms with Gasteiger partial charge in [0.15, 0.2) is 0 Å². The number of nitrogens with zero attached hydrogens (tertiary/aromatic N) is 1. The number of rotatable bonds is 6. The Bertz CT molecular complexity index is 756. The van der Waals surface area contributed by atoms with Gasteiger partial charge < -0.3 is 14.6 Å². The molecule has 0 aliphatic carbocycles. The van der Waals surface area contributed by atoms with Gasteiger partial charge in [-0.05, 0) is 41.1 Å². The van der Waals surface area contributed by atoms with Gasteiger partial charge in [0.2, 0.25) is 0 Å². The van der Waals surface area contributed by atoms with Crippen molar-refractivity contribution in [3.05, 3.63) is 55.5 Å². The minimum absolute atomic E-state index is 0.0630. The van der Waals surface area contributed by atoms with Gasteiger partial charge in [-0.3, -0.25) is 9.59 Å². The summed E-state index contributed by atoms with van der Waals surface area (Å²) in [6.07, 6.45) is 1.62. The number of ether oxygens (including phenoxy) is 1. The number of carbonyl (C=O) groups is 2. The van der Waals surface area contributed by atoms with Gasteiger partial charge in [-0.2, -0.15) is 0 Å². The van der Waals surface area contributed by atoms with Gasteiger partial charge in [0.1, 0.15) is 12.6 Å². The van der Waals surface area contributed by atoms with Crippen molar-refractivity contribution in [3.8, 4) is 0 Å². The molecule has 2 aromatic heterocycles. The molecule has 2 aromatic rings. The number of esters is 1. The van der Waals surface area contributed by atoms with E-state index in [0.29, 0.717) is 4.88 Å². The molecule has 2 rings (SSSR count). The predicted octanol–water partition coefficient (Wildman–Crippen LogP) is 2.03. The van der Waals surface area contributed by atoms with E-state index in [1.165, 1.54) is 22.0 Å². The van der Waals surface area contributed by atoms with Crippen molar-refractivity contribution in [1.29, 1.82) is 0 Å². The molecular weight excluding hydrogens is 384 g/mol. The molecule has 0 aliphatic heterocycles. The van der Waals surface area contributed by atoms with Gasteiger partial charge in [-0.25, -0.2) is 4.79 Å². The molecule has 1 unspecified atom stereocenters. The first kappa shape index (κ1) is 17.4. The Kier molecular flexibility index (Phi) is 6.12. The van der Waals surface area contributed by atoms with E-state index in [9.17, 15) is 14.4 Å². The van der Waals surface area contributed by atoms with Crippen LogP contribution in [-0.2, 0) is 16.1 Å². The lowest BCUT2D eigenvalue weighted by molar-refractivity contribution is -0.145. The van der Waals surface area contributed by atoms with E-state index in [0.717, 1.165) is 3.79 Å². The average Bonchev–Trinajstić information content (AvgIpc) is 2.95. The summed E-state index contributed by atoms with van der Waals surface area (Å²) in [4.78, 5) is 35.8. The topological polar surface area (TPSA) is 77.4 Å². The monoisotopic (exact) mass is 398 g/mol. The number of halogens is 1. The highest BCUT2D eigenvalue weighted by Gasteiger charge is 2.18. The fourth-order valence-electron chi connectivity index (χ4n) is 1.78. The Balaban J connectivity index is 1.80. The molecule has 2 heterocycles. The predicted molar refractivity (Wildman–Crippen MR) is 90.6 cm³/mol. The van der Waals surface area contributed by atoms with Gasteiger partial charge in [0.05, 0.1) is 15.2 Å². The molecule has 0 fully saturated rings. The van der Waals surface area contributed by atoms with E-state index in [1.54, 1.807) is 37.4 Å². The van der Waals surface area contributed by atoms with Crippen LogP contribution in [0, 0.1) is 0 Å². The van der Waals surface area contributed by atoms with E-state index in [-0.39, 0.29) is 24.6 Å². The summed E-state index contributed by atoms with van der Waals surface area (Å²) < 4.78 is 7.37. The van der Waals surface area contributed by atoms with Crippen molar-refractivity contribution >= 4 is 39.1 Å². The quantitative estimate of drug-likeness (QED) is 0.755. The number of hydrogen-bond donors (Lipinski definition) is 1. The number of nitrogens with one attached hydrogen (secondary N) is 1. The van der Waals surface area contributed by atoms with Crippen LogP contribution in [0.15, 0.2) is 45.1 Å². The van der Waals surface area contributed by atoms with Crippen molar-refractivity contribution in [2.75, 3.05) is 6.61 Å². The fraction of sp³-hybridized carbons (Fsp3) is 0.267. The van der Waals surface area contributed by atoms with E-state index >= 15 is 0 Å². The SMILES string of the molecule is CC(NC(=O)c1ccc(Br)s1)C(=O)OCCn1ccccc1=O. The summed E-state index contributed by atoms with van der Waals surface area (Å²) >= 11 is 4.56. The van der Waals surface area contributed by atoms with Crippen molar-refractivity contribution in [1.82, 2.24) is 9.88 Å². The second-order valence-electron chi connectivity index (χ2n) is 4.70. The molecule has 0 saturated carbocycles. The van der Waals surface area contributed by atoms with Crippen molar-refractivity contribution in [2.24, 2.45) is 0 Å². The van der Waals surface area contributed by atoms with E-state index < -0.39 is 12.0 Å². The number of amides is 1. The van der Waals surface area contributed by atoms with Crippen molar-refractivity contribution < 1.29 is 14.3 Å². The van der Waals surface area contributed by atoms with Gasteiger partial charge in [-0.1, -0.05) is 6.07 Å². The Hall–Kier alpha value is -1.93. The Morgan fingerprint density at radius 1 is 1.35 bits per heavy atom. The third-order valence-corrected chi connectivity index (χ3v) is 4.60. The van der Waals surface area contributed by atoms with Crippen LogP contribution < -0.4 is 10.9 Å². The highest BCUT2D eigenvalue weighted by Crippen LogP contribution is 2.21. The minimum atomic E-state index is -0.768. The molecule has 0 aliphatic rings. The summed E-state index contributed by atoms with van der Waals surface area (Å²) in [5.74, 6) is -0.873. The molecule has 0 aromatic carbocycles. The van der Waals surface area contributed by atoms with E-state index in [4.69, 9.17) is 4.74 Å². The zero-order valence-electron chi connectivity index (χ0n) is 12.3. The molecule has 0 saturated heterocycles. The van der Waals surface area contributed by atoms with Crippen LogP contribution in [0.3, 0.4) is 0 Å². The summed E-state index contributed by atoms with van der Waals surface area (Å²) in [6, 6.07) is 7.47. The molecular formula is C15H15BrN2O4S. The molecule has 122 valence electrons. The minimum Gasteiger partial charge on any atom is -0.462 e. The lowest BCUT2D eigenvalue weighted by Crippen LogP contribution is -2.39. The van der Waals surface area contributed by atoms with Crippen LogP contribution in [0.5, 0.6) is 0 Å². The number of carbonyl (C=O) groups excluding carboxylic acids is 2. The van der Waals surface area contributed by atoms with Crippen molar-refractivity contribution in [2.45, 2.75) is 19.5 Å². The first-order chi connectivity index (χ1) is 11.0. The largest absolute Gasteiger partial charge is 0.462 e. The van der Waals surface area contributed by atoms with Crippen LogP contribution in [-0.4, -0.2) is 29.1 Å². The normalized spacial score (nSPS) is 11.7. The number of pyridine rings is 1. The van der Waals surface area contributed by atoms with E-state index in [1.807, 2.05) is 0 Å². The van der Waals surface area contributed by atoms with Crippen LogP contribution in [0.2, 0.25) is 0 Å². The first-order valence-electron chi connectivity index (χ1n) is 6.85. The summed E-state index contributed by atoms with van der Waals surface area (Å²) in [7, 11) is 0. The highest BCUT2D eigenvalue weighted by atomic mass is 79.9. The van der Waals surface area contributed by atoms with Gasteiger partial charge in [0.25, 0.3) is 11.5 Å². The maximum absolute atomic E-state index is 11.9. The fourth-order valence-corrected chi connectivity index (χ4v) is 3.07. The van der Waals surface area contributed by atoms with Crippen LogP contribution in [0.25, 0.3) is 0 Å². The number of hydrogen-bond acceptors (Lipinski definition) is 5. The zero-order valence-corrected chi connectivity index (χ0v) is 14.7. The molecule has 8 heteroatoms. The van der Waals surface area contributed by atoms with Gasteiger partial charge in [-0.15, -0.1) is 11.3 Å². The molecule has 23 heavy (non-hydrogen) atoms. The third-order valence-electron chi connectivity index (χ3n) is 2.97. The van der Waals surface area contributed by atoms with Crippen LogP contribution in [0.4, 0.5) is 0 Å². The lowest BCUT2D eigenvalue weighted by Gasteiger charge is -2.13. The average molecular weight is 399 g/mol. The summed E-state index contributed by atoms with van der Waals surface area (Å²) in [6.45, 7) is 1.88. The lowest BCUT2D eigenvalue weighted by atomic mass is 10.3. The molecule has 0 spiro atoms. The first-order valence-corrected chi connectivity index (χ1v) is 8.46. The summed E-state index contributed by atoms with van der Waals surface area (Å²) in [5.41, 5.74) is -0.159. The maximum Gasteiger partial charge on any atom is 0.328 e. The maximum atomic E-state index is 11.9. The molecule has 1 N–H and O–H groups in total. The number of thiophene rings is 1. The number of aromatic nitrogens is 1. The Morgan fingerprint density at radius 3 is 2.78 bits per heavy atom. The highest BCUT2D eigenvalue weighted by molar-refractivity contribution is 9.11. The Morgan fingerprint density at radius 2 is 2.13 bits per heavy atom. The zero-order chi connectivity index (χ0) is 16.8. The van der Waals surface area contributed by atoms with Crippen LogP contribution in [0.1, 0.15) is 16.6 Å². The molecule has 6 nitrogen and oxygen atoms in total. The van der Waals surface area contributed by atoms with Crippen molar-refractivity contribution in [3.63, 3.8) is 0 Å². The molecule has 0 bridgehead atoms. The third kappa shape index (κ3) is 5.04. The molecule has 1 amide bonds. The standard InChI is InChI=1S/C15H15BrN2O4S/c1-10(17-14(20)11-5-6-12(16)23-11)15(21)22-9-8-18-7-3-2-4-13(18)19/h2-7,10H,8-9H2,1H3,(H,17,20). The second-order valence-corrected chi connectivity index (χ2v) is 7.16. The molecule has 0 radical (unpaired) electrons. The second kappa shape index (κ2) is 8.07. The van der Waals surface area contributed by atoms with Crippen LogP contribution >= 0.6 is 27.3 Å². The van der Waals surface area contributed by atoms with Gasteiger partial charge in [0, 0.05) is 12.3 Å². The van der Waals surface area contributed by atoms with Gasteiger partial charge >= 0.3 is 5.97 Å².